The Labute approximate surface area is 205 Å². The van der Waals surface area contributed by atoms with Crippen LogP contribution in [0.3, 0.4) is 0 Å². The summed E-state index contributed by atoms with van der Waals surface area (Å²) in [6.07, 6.45) is 9.32. The van der Waals surface area contributed by atoms with Gasteiger partial charge in [-0.05, 0) is 26.3 Å². The fourth-order valence-electron chi connectivity index (χ4n) is 3.85. The van der Waals surface area contributed by atoms with Crippen molar-refractivity contribution in [2.75, 3.05) is 0 Å². The van der Waals surface area contributed by atoms with E-state index in [1.165, 1.54) is 6.33 Å². The van der Waals surface area contributed by atoms with Gasteiger partial charge in [-0.25, -0.2) is 9.97 Å². The van der Waals surface area contributed by atoms with E-state index in [4.69, 9.17) is 4.74 Å². The number of aryl methyl sites for hydroxylation is 1. The van der Waals surface area contributed by atoms with Gasteiger partial charge in [0.1, 0.15) is 6.33 Å². The zero-order chi connectivity index (χ0) is 24.2. The average Bonchev–Trinajstić information content (AvgIpc) is 3.17. The second-order valence-corrected chi connectivity index (χ2v) is 9.76. The first-order valence-corrected chi connectivity index (χ1v) is 13.3. The topological polar surface area (TPSA) is 57.0 Å². The third-order valence-corrected chi connectivity index (χ3v) is 6.07. The molecule has 2 aromatic heterocycles. The molecule has 2 heterocycles. The molecule has 0 amide bonds. The van der Waals surface area contributed by atoms with Crippen molar-refractivity contribution in [3.63, 3.8) is 0 Å². The first kappa shape index (κ1) is 23.8. The van der Waals surface area contributed by atoms with Crippen molar-refractivity contribution in [1.82, 2.24) is 14.5 Å². The Hall–Kier alpha value is -3.32. The molecule has 8 heteroatoms. The number of ether oxygens (including phenoxy) is 1. The molecule has 4 rings (SSSR count). The van der Waals surface area contributed by atoms with E-state index in [1.807, 2.05) is 25.2 Å². The molecule has 2 aromatic carbocycles. The van der Waals surface area contributed by atoms with E-state index in [-0.39, 0.29) is 18.2 Å². The summed E-state index contributed by atoms with van der Waals surface area (Å²) < 4.78 is 33.5. The molecule has 0 radical (unpaired) electrons. The van der Waals surface area contributed by atoms with Crippen molar-refractivity contribution in [2.24, 2.45) is 0 Å². The molecule has 0 saturated heterocycles. The number of halogens is 3. The minimum absolute atomic E-state index is 0.0328. The van der Waals surface area contributed by atoms with Crippen LogP contribution in [0.25, 0.3) is 22.0 Å². The molecule has 0 aliphatic carbocycles. The van der Waals surface area contributed by atoms with Crippen LogP contribution in [0.2, 0.25) is 0 Å². The van der Waals surface area contributed by atoms with Crippen molar-refractivity contribution in [3.8, 4) is 26.9 Å². The molecule has 174 valence electrons. The summed E-state index contributed by atoms with van der Waals surface area (Å²) in [5.74, 6) is 0.328. The van der Waals surface area contributed by atoms with Crippen molar-refractivity contribution in [3.05, 3.63) is 78.0 Å². The van der Waals surface area contributed by atoms with Crippen LogP contribution in [0.4, 0.5) is 5.72 Å². The van der Waals surface area contributed by atoms with Gasteiger partial charge in [0.05, 0.1) is 5.52 Å². The van der Waals surface area contributed by atoms with Gasteiger partial charge in [-0.3, -0.25) is 0 Å². The number of nitrogens with zero attached hydrogens (tertiary/aromatic N) is 3. The number of rotatable bonds is 6. The Balaban J connectivity index is 1.67. The Morgan fingerprint density at radius 3 is 2.50 bits per heavy atom. The van der Waals surface area contributed by atoms with Gasteiger partial charge in [0.2, 0.25) is 0 Å². The molecule has 34 heavy (non-hydrogen) atoms. The third-order valence-electron chi connectivity index (χ3n) is 5.44. The summed E-state index contributed by atoms with van der Waals surface area (Å²) in [5, 5.41) is 1.02. The molecule has 4 aromatic rings. The van der Waals surface area contributed by atoms with E-state index < -0.39 is 21.0 Å². The van der Waals surface area contributed by atoms with Gasteiger partial charge < -0.3 is 4.57 Å². The SMILES string of the molecule is Cc1cn(C(C)C)c2c(-c3cncnc3)cc(C(=O)Cc3ccc(OC#CI(F)F)cc3)cc12. The van der Waals surface area contributed by atoms with Crippen LogP contribution in [0.15, 0.2) is 61.3 Å². The predicted octanol–water partition coefficient (Wildman–Crippen LogP) is 6.99. The number of hydrogen-bond donors (Lipinski definition) is 0. The number of fused-ring (bicyclic) bond motifs is 1. The molecule has 0 bridgehead atoms. The Bertz CT molecular complexity index is 1390. The fourth-order valence-corrected chi connectivity index (χ4v) is 4.13. The molecule has 0 aliphatic heterocycles. The zero-order valence-corrected chi connectivity index (χ0v) is 21.0. The van der Waals surface area contributed by atoms with E-state index in [0.717, 1.165) is 33.2 Å². The second-order valence-electron chi connectivity index (χ2n) is 8.10. The first-order chi connectivity index (χ1) is 16.3. The van der Waals surface area contributed by atoms with Crippen molar-refractivity contribution >= 4 is 37.7 Å². The maximum absolute atomic E-state index is 13.3. The van der Waals surface area contributed by atoms with Crippen LogP contribution in [-0.4, -0.2) is 20.3 Å². The number of benzene rings is 2. The third kappa shape index (κ3) is 5.25. The van der Waals surface area contributed by atoms with Gasteiger partial charge in [0, 0.05) is 30.2 Å². The average molecular weight is 573 g/mol. The van der Waals surface area contributed by atoms with Gasteiger partial charge >= 0.3 is 123 Å². The van der Waals surface area contributed by atoms with Crippen molar-refractivity contribution in [2.45, 2.75) is 33.2 Å². The van der Waals surface area contributed by atoms with Gasteiger partial charge in [-0.15, -0.1) is 0 Å². The van der Waals surface area contributed by atoms with Crippen LogP contribution in [0.5, 0.6) is 5.75 Å². The van der Waals surface area contributed by atoms with Gasteiger partial charge in [0.25, 0.3) is 0 Å². The van der Waals surface area contributed by atoms with E-state index in [9.17, 15) is 10.5 Å². The Kier molecular flexibility index (Phi) is 7.22. The van der Waals surface area contributed by atoms with E-state index in [2.05, 4.69) is 34.6 Å². The maximum atomic E-state index is 13.3. The Morgan fingerprint density at radius 2 is 1.85 bits per heavy atom. The first-order valence-electron chi connectivity index (χ1n) is 10.6. The van der Waals surface area contributed by atoms with E-state index in [1.54, 1.807) is 40.6 Å². The molecule has 0 spiro atoms. The number of aromatic nitrogens is 3. The van der Waals surface area contributed by atoms with Crippen LogP contribution in [0, 0.1) is 17.0 Å². The molecule has 0 fully saturated rings. The number of ketones is 1. The molecular formula is C26H22F2IN3O2. The summed E-state index contributed by atoms with van der Waals surface area (Å²) in [4.78, 5) is 21.6. The summed E-state index contributed by atoms with van der Waals surface area (Å²) in [7, 11) is 0. The van der Waals surface area contributed by atoms with Crippen molar-refractivity contribution < 1.29 is 15.3 Å². The number of carbonyl (C=O) groups is 1. The van der Waals surface area contributed by atoms with Gasteiger partial charge in [-0.2, -0.15) is 0 Å². The second kappa shape index (κ2) is 10.3. The van der Waals surface area contributed by atoms with Crippen LogP contribution in [-0.2, 0) is 6.42 Å². The summed E-state index contributed by atoms with van der Waals surface area (Å²) in [6, 6.07) is 10.8. The van der Waals surface area contributed by atoms with Gasteiger partial charge in [0.15, 0.2) is 0 Å². The number of carbonyl (C=O) groups excluding carboxylic acids is 1. The molecular weight excluding hydrogens is 551 g/mol. The summed E-state index contributed by atoms with van der Waals surface area (Å²) in [5.41, 5.74) is 5.28. The molecule has 0 aliphatic rings. The molecule has 0 atom stereocenters. The van der Waals surface area contributed by atoms with Gasteiger partial charge in [-0.1, -0.05) is 0 Å². The summed E-state index contributed by atoms with van der Waals surface area (Å²) in [6.45, 7) is 6.29. The standard InChI is InChI=1S/C26H22F2IN3O2/c1-17(2)32-15-18(3)23-11-20(12-24(26(23)32)21-13-30-16-31-14-21)25(33)10-19-4-6-22(7-5-19)34-9-8-29(27)28/h4-7,11-17H,10H2,1-3H3. The van der Waals surface area contributed by atoms with Crippen LogP contribution < -0.4 is 4.74 Å². The fraction of sp³-hybridized carbons (Fsp3) is 0.192. The molecule has 5 nitrogen and oxygen atoms in total. The minimum atomic E-state index is -4.13. The summed E-state index contributed by atoms with van der Waals surface area (Å²) >= 11 is -4.13. The monoisotopic (exact) mass is 573 g/mol. The van der Waals surface area contributed by atoms with E-state index >= 15 is 0 Å². The normalized spacial score (nSPS) is 11.3. The predicted molar refractivity (Wildman–Crippen MR) is 137 cm³/mol. The Morgan fingerprint density at radius 1 is 1.15 bits per heavy atom. The molecule has 0 N–H and O–H groups in total. The van der Waals surface area contributed by atoms with Crippen LogP contribution >= 0.6 is 21.0 Å². The van der Waals surface area contributed by atoms with Crippen molar-refractivity contribution in [1.29, 1.82) is 0 Å². The zero-order valence-electron chi connectivity index (χ0n) is 18.8. The van der Waals surface area contributed by atoms with Crippen LogP contribution in [0.1, 0.15) is 41.4 Å². The molecule has 0 saturated carbocycles. The number of hydrogen-bond acceptors (Lipinski definition) is 4. The number of Topliss-reactive ketones (excluding diaryl/α,β-unsaturated/α-hetero) is 1. The quantitative estimate of drug-likeness (QED) is 0.142. The van der Waals surface area contributed by atoms with E-state index in [0.29, 0.717) is 11.3 Å². The molecule has 0 unspecified atom stereocenters.